The largest absolute Gasteiger partial charge is 0.497 e. The maximum atomic E-state index is 6.14. The molecule has 0 saturated heterocycles. The molecule has 0 aliphatic heterocycles. The third kappa shape index (κ3) is 6.69. The number of fused-ring (bicyclic) bond motifs is 1. The highest BCUT2D eigenvalue weighted by molar-refractivity contribution is 5.91. The molecule has 3 atom stereocenters. The van der Waals surface area contributed by atoms with Crippen molar-refractivity contribution in [3.05, 3.63) is 54.1 Å². The number of nitrogens with zero attached hydrogens (tertiary/aromatic N) is 3. The second-order valence-corrected chi connectivity index (χ2v) is 7.73. The number of nitrogens with two attached hydrogens (primary N) is 1. The lowest BCUT2D eigenvalue weighted by Gasteiger charge is -2.33. The van der Waals surface area contributed by atoms with Crippen LogP contribution in [0.4, 0.5) is 5.82 Å². The van der Waals surface area contributed by atoms with Gasteiger partial charge >= 0.3 is 0 Å². The zero-order valence-corrected chi connectivity index (χ0v) is 20.6. The number of aromatic nitrogens is 3. The Kier molecular flexibility index (Phi) is 11.2. The van der Waals surface area contributed by atoms with Crippen LogP contribution < -0.4 is 15.8 Å². The second-order valence-electron chi connectivity index (χ2n) is 7.73. The first-order chi connectivity index (χ1) is 14.1. The lowest BCUT2D eigenvalue weighted by atomic mass is 9.83. The van der Waals surface area contributed by atoms with Gasteiger partial charge in [0.1, 0.15) is 11.6 Å². The van der Waals surface area contributed by atoms with Crippen molar-refractivity contribution in [1.29, 1.82) is 0 Å². The van der Waals surface area contributed by atoms with Crippen LogP contribution in [0.5, 0.6) is 5.75 Å². The highest BCUT2D eigenvalue weighted by Crippen LogP contribution is 2.30. The van der Waals surface area contributed by atoms with E-state index >= 15 is 0 Å². The van der Waals surface area contributed by atoms with Gasteiger partial charge in [-0.3, -0.25) is 4.98 Å². The number of pyridine rings is 1. The molecule has 3 aromatic rings. The van der Waals surface area contributed by atoms with Gasteiger partial charge in [-0.25, -0.2) is 9.97 Å². The third-order valence-corrected chi connectivity index (χ3v) is 5.56. The summed E-state index contributed by atoms with van der Waals surface area (Å²) in [5, 5.41) is 4.64. The summed E-state index contributed by atoms with van der Waals surface area (Å²) in [5.41, 5.74) is 8.04. The Hall–Kier alpha value is -2.12. The standard InChI is InChI=1S/C23H27N5O.3ClH/c1-15-12-17(24)6-8-20(15)27-23-19-13-18(29-2)7-9-21(19)26-22(28-23)10-5-16-4-3-11-25-14-16;;;/h3-5,7,9-11,13-15,17,20H,6,8,12,24H2,1-2H3,(H,26,27,28);3*1H/t15-,17-,20+;;;/m0.../s1. The minimum absolute atomic E-state index is 0. The Morgan fingerprint density at radius 2 is 1.91 bits per heavy atom. The summed E-state index contributed by atoms with van der Waals surface area (Å²) in [6, 6.07) is 10.4. The molecule has 1 aliphatic rings. The molecule has 1 fully saturated rings. The summed E-state index contributed by atoms with van der Waals surface area (Å²) in [7, 11) is 1.67. The van der Waals surface area contributed by atoms with Crippen molar-refractivity contribution in [2.45, 2.75) is 38.3 Å². The SMILES string of the molecule is COc1ccc2nc(C=Cc3cccnc3)nc(N[C@@H]3CC[C@H](N)C[C@@H]3C)c2c1.Cl.Cl.Cl. The van der Waals surface area contributed by atoms with Gasteiger partial charge in [0.15, 0.2) is 5.82 Å². The minimum atomic E-state index is 0. The van der Waals surface area contributed by atoms with Crippen molar-refractivity contribution in [2.75, 3.05) is 12.4 Å². The Morgan fingerprint density at radius 1 is 1.09 bits per heavy atom. The monoisotopic (exact) mass is 497 g/mol. The first-order valence-corrected chi connectivity index (χ1v) is 10.1. The van der Waals surface area contributed by atoms with E-state index in [1.807, 2.05) is 48.7 Å². The summed E-state index contributed by atoms with van der Waals surface area (Å²) < 4.78 is 5.42. The van der Waals surface area contributed by atoms with E-state index in [0.717, 1.165) is 47.3 Å². The summed E-state index contributed by atoms with van der Waals surface area (Å²) in [6.07, 6.45) is 10.6. The molecule has 0 bridgehead atoms. The second kappa shape index (κ2) is 12.8. The van der Waals surface area contributed by atoms with Gasteiger partial charge in [-0.2, -0.15) is 0 Å². The van der Waals surface area contributed by atoms with Gasteiger partial charge in [0.25, 0.3) is 0 Å². The van der Waals surface area contributed by atoms with E-state index in [4.69, 9.17) is 20.4 Å². The molecule has 1 aliphatic carbocycles. The fraction of sp³-hybridized carbons (Fsp3) is 0.348. The number of ether oxygens (including phenoxy) is 1. The van der Waals surface area contributed by atoms with Crippen molar-refractivity contribution in [3.8, 4) is 5.75 Å². The van der Waals surface area contributed by atoms with E-state index in [-0.39, 0.29) is 37.2 Å². The van der Waals surface area contributed by atoms with E-state index in [1.165, 1.54) is 0 Å². The fourth-order valence-corrected chi connectivity index (χ4v) is 3.91. The van der Waals surface area contributed by atoms with Gasteiger partial charge in [0.05, 0.1) is 12.6 Å². The number of nitrogens with one attached hydrogen (secondary N) is 1. The van der Waals surface area contributed by atoms with Gasteiger partial charge in [0.2, 0.25) is 0 Å². The number of benzene rings is 1. The van der Waals surface area contributed by atoms with Crippen LogP contribution in [0.3, 0.4) is 0 Å². The number of hydrogen-bond donors (Lipinski definition) is 2. The molecule has 0 spiro atoms. The van der Waals surface area contributed by atoms with Crippen LogP contribution in [0.15, 0.2) is 42.7 Å². The zero-order chi connectivity index (χ0) is 20.2. The predicted molar refractivity (Wildman–Crippen MR) is 139 cm³/mol. The number of halogens is 3. The Balaban J connectivity index is 0.00000171. The first kappa shape index (κ1) is 27.9. The van der Waals surface area contributed by atoms with Crippen LogP contribution in [-0.4, -0.2) is 34.1 Å². The number of methoxy groups -OCH3 is 1. The molecule has 0 radical (unpaired) electrons. The van der Waals surface area contributed by atoms with E-state index in [2.05, 4.69) is 17.2 Å². The number of rotatable bonds is 5. The predicted octanol–water partition coefficient (Wildman–Crippen LogP) is 5.40. The molecular weight excluding hydrogens is 469 g/mol. The highest BCUT2D eigenvalue weighted by atomic mass is 35.5. The molecule has 1 aromatic carbocycles. The maximum absolute atomic E-state index is 6.14. The Morgan fingerprint density at radius 3 is 2.59 bits per heavy atom. The highest BCUT2D eigenvalue weighted by Gasteiger charge is 2.26. The Labute approximate surface area is 207 Å². The third-order valence-electron chi connectivity index (χ3n) is 5.56. The van der Waals surface area contributed by atoms with Gasteiger partial charge in [0, 0.05) is 29.9 Å². The molecular formula is C23H30Cl3N5O. The summed E-state index contributed by atoms with van der Waals surface area (Å²) >= 11 is 0. The quantitative estimate of drug-likeness (QED) is 0.490. The van der Waals surface area contributed by atoms with Gasteiger partial charge in [-0.15, -0.1) is 37.2 Å². The van der Waals surface area contributed by atoms with Gasteiger partial charge in [-0.05, 0) is 67.2 Å². The van der Waals surface area contributed by atoms with E-state index in [0.29, 0.717) is 23.8 Å². The molecule has 6 nitrogen and oxygen atoms in total. The number of anilines is 1. The van der Waals surface area contributed by atoms with E-state index in [1.54, 1.807) is 13.3 Å². The first-order valence-electron chi connectivity index (χ1n) is 10.1. The zero-order valence-electron chi connectivity index (χ0n) is 18.1. The molecule has 2 heterocycles. The van der Waals surface area contributed by atoms with Crippen molar-refractivity contribution in [1.82, 2.24) is 15.0 Å². The van der Waals surface area contributed by atoms with Crippen molar-refractivity contribution >= 4 is 66.1 Å². The normalized spacial score (nSPS) is 20.0. The topological polar surface area (TPSA) is 86.0 Å². The van der Waals surface area contributed by atoms with Gasteiger partial charge in [-0.1, -0.05) is 13.0 Å². The smallest absolute Gasteiger partial charge is 0.154 e. The maximum Gasteiger partial charge on any atom is 0.154 e. The molecule has 3 N–H and O–H groups in total. The fourth-order valence-electron chi connectivity index (χ4n) is 3.91. The summed E-state index contributed by atoms with van der Waals surface area (Å²) in [5.74, 6) is 2.78. The molecule has 0 unspecified atom stereocenters. The molecule has 32 heavy (non-hydrogen) atoms. The van der Waals surface area contributed by atoms with Crippen LogP contribution in [-0.2, 0) is 0 Å². The van der Waals surface area contributed by atoms with Crippen molar-refractivity contribution in [2.24, 2.45) is 11.7 Å². The van der Waals surface area contributed by atoms with Crippen molar-refractivity contribution in [3.63, 3.8) is 0 Å². The average molecular weight is 499 g/mol. The summed E-state index contributed by atoms with van der Waals surface area (Å²) in [6.45, 7) is 2.25. The van der Waals surface area contributed by atoms with Crippen LogP contribution in [0.1, 0.15) is 37.6 Å². The Bertz CT molecular complexity index is 1020. The van der Waals surface area contributed by atoms with E-state index < -0.39 is 0 Å². The van der Waals surface area contributed by atoms with Crippen LogP contribution in [0, 0.1) is 5.92 Å². The van der Waals surface area contributed by atoms with Crippen LogP contribution in [0.2, 0.25) is 0 Å². The molecule has 1 saturated carbocycles. The average Bonchev–Trinajstić information content (AvgIpc) is 2.74. The number of hydrogen-bond acceptors (Lipinski definition) is 6. The summed E-state index contributed by atoms with van der Waals surface area (Å²) in [4.78, 5) is 13.7. The molecule has 2 aromatic heterocycles. The van der Waals surface area contributed by atoms with Crippen LogP contribution >= 0.6 is 37.2 Å². The van der Waals surface area contributed by atoms with E-state index in [9.17, 15) is 0 Å². The lowest BCUT2D eigenvalue weighted by molar-refractivity contribution is 0.314. The molecule has 9 heteroatoms. The minimum Gasteiger partial charge on any atom is -0.497 e. The van der Waals surface area contributed by atoms with Crippen molar-refractivity contribution < 1.29 is 4.74 Å². The molecule has 0 amide bonds. The van der Waals surface area contributed by atoms with Crippen LogP contribution in [0.25, 0.3) is 23.1 Å². The molecule has 4 rings (SSSR count). The van der Waals surface area contributed by atoms with Gasteiger partial charge < -0.3 is 15.8 Å². The lowest BCUT2D eigenvalue weighted by Crippen LogP contribution is -2.39. The molecule has 174 valence electrons.